The van der Waals surface area contributed by atoms with Gasteiger partial charge in [-0.3, -0.25) is 10.1 Å². The van der Waals surface area contributed by atoms with Crippen molar-refractivity contribution in [3.8, 4) is 24.0 Å². The van der Waals surface area contributed by atoms with Crippen LogP contribution in [0.1, 0.15) is 91.4 Å². The number of nitrogens with zero attached hydrogens (tertiary/aromatic N) is 6. The van der Waals surface area contributed by atoms with Crippen LogP contribution in [-0.2, 0) is 4.74 Å². The minimum absolute atomic E-state index is 0.0292. The van der Waals surface area contributed by atoms with Gasteiger partial charge in [0.1, 0.15) is 35.1 Å². The number of allylic oxidation sites excluding steroid dienone is 2. The summed E-state index contributed by atoms with van der Waals surface area (Å²) in [4.78, 5) is 10.8. The van der Waals surface area contributed by atoms with Crippen LogP contribution in [0.25, 0.3) is 0 Å². The van der Waals surface area contributed by atoms with Gasteiger partial charge in [0, 0.05) is 11.6 Å². The molecular weight excluding hydrogens is 508 g/mol. The Labute approximate surface area is 236 Å². The molecule has 212 valence electrons. The molecule has 1 aliphatic rings. The maximum atomic E-state index is 11.3. The largest absolute Gasteiger partial charge is 0.491 e. The summed E-state index contributed by atoms with van der Waals surface area (Å²) in [6.07, 6.45) is 13.3. The van der Waals surface area contributed by atoms with E-state index < -0.39 is 10.5 Å². The molecule has 1 heterocycles. The van der Waals surface area contributed by atoms with Crippen molar-refractivity contribution in [1.82, 2.24) is 0 Å². The van der Waals surface area contributed by atoms with Gasteiger partial charge in [-0.2, -0.15) is 26.0 Å². The number of ether oxygens (including phenoxy) is 2. The molecule has 1 aliphatic heterocycles. The molecule has 0 spiro atoms. The molecule has 40 heavy (non-hydrogen) atoms. The molecule has 1 aromatic carbocycles. The molecule has 0 saturated heterocycles. The second-order valence-corrected chi connectivity index (χ2v) is 10.2. The van der Waals surface area contributed by atoms with Gasteiger partial charge < -0.3 is 9.47 Å². The maximum absolute atomic E-state index is 11.3. The van der Waals surface area contributed by atoms with E-state index in [1.54, 1.807) is 26.0 Å². The number of hydrogen-bond donors (Lipinski definition) is 0. The molecular formula is C30H38N6O4. The first-order chi connectivity index (χ1) is 19.3. The van der Waals surface area contributed by atoms with Crippen LogP contribution in [0, 0.1) is 44.1 Å². The molecule has 0 unspecified atom stereocenters. The summed E-state index contributed by atoms with van der Waals surface area (Å²) in [5.74, 6) is 0.201. The molecule has 10 nitrogen and oxygen atoms in total. The first-order valence-electron chi connectivity index (χ1n) is 13.9. The highest BCUT2D eigenvalue weighted by atomic mass is 16.6. The van der Waals surface area contributed by atoms with Crippen molar-refractivity contribution in [2.24, 2.45) is 10.2 Å². The van der Waals surface area contributed by atoms with Gasteiger partial charge in [0.2, 0.25) is 0 Å². The highest BCUT2D eigenvalue weighted by Gasteiger charge is 2.39. The van der Waals surface area contributed by atoms with Crippen molar-refractivity contribution in [3.63, 3.8) is 0 Å². The second-order valence-electron chi connectivity index (χ2n) is 10.2. The predicted octanol–water partition coefficient (Wildman–Crippen LogP) is 8.30. The van der Waals surface area contributed by atoms with Crippen LogP contribution < -0.4 is 4.74 Å². The van der Waals surface area contributed by atoms with Crippen molar-refractivity contribution in [2.45, 2.75) is 97.0 Å². The fraction of sp³-hybridized carbons (Fsp3) is 0.567. The van der Waals surface area contributed by atoms with Gasteiger partial charge in [0.15, 0.2) is 17.1 Å². The van der Waals surface area contributed by atoms with Crippen LogP contribution in [0.3, 0.4) is 0 Å². The number of rotatable bonds is 17. The SMILES string of the molecule is CCCCCCCCCCCCCOc1cc([N+](=O)[O-])ccc1N=NCC1=C(C#N)C(=C(C#N)C#N)OC1(C)C. The summed E-state index contributed by atoms with van der Waals surface area (Å²) in [7, 11) is 0. The Morgan fingerprint density at radius 1 is 1.00 bits per heavy atom. The normalized spacial score (nSPS) is 13.9. The zero-order chi connectivity index (χ0) is 29.4. The number of azo groups is 1. The quantitative estimate of drug-likeness (QED) is 0.0624. The van der Waals surface area contributed by atoms with Gasteiger partial charge >= 0.3 is 0 Å². The van der Waals surface area contributed by atoms with Crippen LogP contribution in [0.15, 0.2) is 50.9 Å². The smallest absolute Gasteiger partial charge is 0.273 e. The van der Waals surface area contributed by atoms with E-state index in [0.717, 1.165) is 19.3 Å². The third kappa shape index (κ3) is 9.50. The van der Waals surface area contributed by atoms with E-state index in [0.29, 0.717) is 17.9 Å². The third-order valence-electron chi connectivity index (χ3n) is 6.74. The Morgan fingerprint density at radius 2 is 1.60 bits per heavy atom. The second kappa shape index (κ2) is 16.7. The Kier molecular flexibility index (Phi) is 13.3. The minimum atomic E-state index is -0.970. The molecule has 10 heteroatoms. The van der Waals surface area contributed by atoms with Crippen molar-refractivity contribution < 1.29 is 14.4 Å². The Bertz CT molecular complexity index is 1230. The van der Waals surface area contributed by atoms with Gasteiger partial charge in [-0.05, 0) is 26.3 Å². The number of hydrogen-bond acceptors (Lipinski definition) is 9. The molecule has 0 N–H and O–H groups in total. The fourth-order valence-corrected chi connectivity index (χ4v) is 4.44. The van der Waals surface area contributed by atoms with E-state index in [9.17, 15) is 25.9 Å². The zero-order valence-corrected chi connectivity index (χ0v) is 23.7. The molecule has 0 aromatic heterocycles. The summed E-state index contributed by atoms with van der Waals surface area (Å²) < 4.78 is 11.6. The van der Waals surface area contributed by atoms with Crippen LogP contribution in [0.2, 0.25) is 0 Å². The van der Waals surface area contributed by atoms with E-state index >= 15 is 0 Å². The van der Waals surface area contributed by atoms with E-state index in [2.05, 4.69) is 17.2 Å². The van der Waals surface area contributed by atoms with E-state index in [1.165, 1.54) is 69.6 Å². The Balaban J connectivity index is 1.99. The van der Waals surface area contributed by atoms with Gasteiger partial charge in [-0.25, -0.2) is 0 Å². The highest BCUT2D eigenvalue weighted by Crippen LogP contribution is 2.40. The van der Waals surface area contributed by atoms with Crippen LogP contribution in [-0.4, -0.2) is 23.7 Å². The topological polar surface area (TPSA) is 158 Å². The molecule has 0 aliphatic carbocycles. The van der Waals surface area contributed by atoms with E-state index in [1.807, 2.05) is 6.07 Å². The standard InChI is InChI=1S/C30H38N6O4/c1-4-5-6-7-8-9-10-11-12-13-14-17-39-28-18-24(36(37)38)15-16-27(28)35-34-22-26-25(21-33)29(23(19-31)20-32)40-30(26,2)3/h15-16,18H,4-14,17,22H2,1-3H3. The van der Waals surface area contributed by atoms with E-state index in [4.69, 9.17) is 9.47 Å². The van der Waals surface area contributed by atoms with Crippen LogP contribution in [0.4, 0.5) is 11.4 Å². The van der Waals surface area contributed by atoms with Gasteiger partial charge in [-0.15, -0.1) is 0 Å². The molecule has 0 bridgehead atoms. The van der Waals surface area contributed by atoms with Crippen molar-refractivity contribution >= 4 is 11.4 Å². The molecule has 0 fully saturated rings. The average molecular weight is 547 g/mol. The lowest BCUT2D eigenvalue weighted by Crippen LogP contribution is -2.23. The summed E-state index contributed by atoms with van der Waals surface area (Å²) in [5.41, 5.74) is -0.480. The summed E-state index contributed by atoms with van der Waals surface area (Å²) in [6, 6.07) is 9.65. The lowest BCUT2D eigenvalue weighted by molar-refractivity contribution is -0.384. The lowest BCUT2D eigenvalue weighted by Gasteiger charge is -2.21. The predicted molar refractivity (Wildman–Crippen MR) is 150 cm³/mol. The number of nitriles is 3. The zero-order valence-electron chi connectivity index (χ0n) is 23.7. The molecule has 1 aromatic rings. The monoisotopic (exact) mass is 546 g/mol. The van der Waals surface area contributed by atoms with Gasteiger partial charge in [-0.1, -0.05) is 71.1 Å². The number of unbranched alkanes of at least 4 members (excludes halogenated alkanes) is 10. The molecule has 0 radical (unpaired) electrons. The first kappa shape index (κ1) is 32.0. The Morgan fingerprint density at radius 3 is 2.15 bits per heavy atom. The third-order valence-corrected chi connectivity index (χ3v) is 6.74. The van der Waals surface area contributed by atoms with Crippen molar-refractivity contribution in [2.75, 3.05) is 13.2 Å². The molecule has 0 atom stereocenters. The minimum Gasteiger partial charge on any atom is -0.491 e. The van der Waals surface area contributed by atoms with Crippen molar-refractivity contribution in [1.29, 1.82) is 15.8 Å². The van der Waals surface area contributed by atoms with Gasteiger partial charge in [0.05, 0.1) is 24.1 Å². The highest BCUT2D eigenvalue weighted by molar-refractivity contribution is 5.58. The van der Waals surface area contributed by atoms with Crippen LogP contribution >= 0.6 is 0 Å². The Hall–Kier alpha value is -4.23. The molecule has 2 rings (SSSR count). The van der Waals surface area contributed by atoms with Gasteiger partial charge in [0.25, 0.3) is 5.69 Å². The molecule has 0 amide bonds. The van der Waals surface area contributed by atoms with Crippen LogP contribution in [0.5, 0.6) is 5.75 Å². The first-order valence-corrected chi connectivity index (χ1v) is 13.9. The summed E-state index contributed by atoms with van der Waals surface area (Å²) in [5, 5.41) is 47.8. The van der Waals surface area contributed by atoms with E-state index in [-0.39, 0.29) is 34.9 Å². The average Bonchev–Trinajstić information content (AvgIpc) is 3.19. The summed E-state index contributed by atoms with van der Waals surface area (Å²) in [6.45, 7) is 6.03. The number of benzene rings is 1. The fourth-order valence-electron chi connectivity index (χ4n) is 4.44. The lowest BCUT2D eigenvalue weighted by atomic mass is 9.95. The maximum Gasteiger partial charge on any atom is 0.273 e. The van der Waals surface area contributed by atoms with Crippen molar-refractivity contribution in [3.05, 3.63) is 50.8 Å². The summed E-state index contributed by atoms with van der Waals surface area (Å²) >= 11 is 0. The molecule has 0 saturated carbocycles. The number of non-ortho nitro benzene ring substituents is 1. The number of nitro benzene ring substituents is 1. The number of nitro groups is 1.